The summed E-state index contributed by atoms with van der Waals surface area (Å²) >= 11 is 0. The molecule has 0 saturated heterocycles. The molecule has 5 saturated carbocycles. The van der Waals surface area contributed by atoms with E-state index >= 15 is 0 Å². The predicted molar refractivity (Wildman–Crippen MR) is 178 cm³/mol. The van der Waals surface area contributed by atoms with Gasteiger partial charge in [0.25, 0.3) is 0 Å². The van der Waals surface area contributed by atoms with E-state index in [1.807, 2.05) is 0 Å². The summed E-state index contributed by atoms with van der Waals surface area (Å²) in [6, 6.07) is 0. The lowest BCUT2D eigenvalue weighted by molar-refractivity contribution is -0.304. The monoisotopic (exact) mass is 668 g/mol. The molecular formula is C37H65O8P. The van der Waals surface area contributed by atoms with Gasteiger partial charge in [-0.25, -0.2) is 9.09 Å². The Balaban J connectivity index is 1.55. The van der Waals surface area contributed by atoms with Crippen molar-refractivity contribution in [3.05, 3.63) is 0 Å². The fourth-order valence-electron chi connectivity index (χ4n) is 12.9. The van der Waals surface area contributed by atoms with Gasteiger partial charge < -0.3 is 24.0 Å². The molecule has 0 aromatic heterocycles. The zero-order valence-electron chi connectivity index (χ0n) is 30.6. The molecule has 0 amide bonds. The Morgan fingerprint density at radius 1 is 0.826 bits per heavy atom. The molecule has 8 nitrogen and oxygen atoms in total. The van der Waals surface area contributed by atoms with Gasteiger partial charge in [-0.05, 0) is 137 Å². The fourth-order valence-corrected chi connectivity index (χ4v) is 13.1. The lowest BCUT2D eigenvalue weighted by Crippen LogP contribution is -2.72. The van der Waals surface area contributed by atoms with Gasteiger partial charge in [-0.1, -0.05) is 48.5 Å². The highest BCUT2D eigenvalue weighted by atomic mass is 31.2. The molecule has 5 rings (SSSR count). The number of esters is 1. The second-order valence-electron chi connectivity index (χ2n) is 18.2. The SMILES string of the molecule is CC(C)OC1CCC2(C)C(CC(OC(C)C)C3(C)C2CCC2C4C(C)C(C)CCC4(C(=O)OCOP(=O)(O)O)CCC23C)C1(C)C. The average molecular weight is 669 g/mol. The highest BCUT2D eigenvalue weighted by molar-refractivity contribution is 7.46. The number of carbonyl (C=O) groups excluding carboxylic acids is 1. The third-order valence-electron chi connectivity index (χ3n) is 15.3. The Bertz CT molecular complexity index is 1180. The van der Waals surface area contributed by atoms with Crippen molar-refractivity contribution in [2.45, 2.75) is 158 Å². The highest BCUT2D eigenvalue weighted by Gasteiger charge is 2.74. The van der Waals surface area contributed by atoms with Crippen LogP contribution in [0.25, 0.3) is 0 Å². The van der Waals surface area contributed by atoms with E-state index in [-0.39, 0.29) is 58.0 Å². The summed E-state index contributed by atoms with van der Waals surface area (Å²) in [6.07, 6.45) is 9.49. The summed E-state index contributed by atoms with van der Waals surface area (Å²) in [5.74, 6) is 1.91. The highest BCUT2D eigenvalue weighted by Crippen LogP contribution is 2.77. The second-order valence-corrected chi connectivity index (χ2v) is 19.4. The number of hydrogen-bond donors (Lipinski definition) is 2. The molecule has 12 unspecified atom stereocenters. The van der Waals surface area contributed by atoms with Crippen molar-refractivity contribution in [2.75, 3.05) is 6.79 Å². The molecule has 0 aromatic carbocycles. The maximum atomic E-state index is 14.1. The van der Waals surface area contributed by atoms with E-state index in [4.69, 9.17) is 14.2 Å². The zero-order chi connectivity index (χ0) is 34.3. The Morgan fingerprint density at radius 3 is 2.07 bits per heavy atom. The molecule has 5 aliphatic rings. The van der Waals surface area contributed by atoms with Crippen LogP contribution in [-0.4, -0.2) is 47.0 Å². The van der Waals surface area contributed by atoms with Crippen molar-refractivity contribution >= 4 is 13.8 Å². The number of phosphoric acid groups is 1. The van der Waals surface area contributed by atoms with Crippen molar-refractivity contribution < 1.29 is 37.9 Å². The van der Waals surface area contributed by atoms with Crippen LogP contribution in [-0.2, 0) is 28.1 Å². The van der Waals surface area contributed by atoms with Crippen LogP contribution in [0.2, 0.25) is 0 Å². The lowest BCUT2D eigenvalue weighted by Gasteiger charge is -2.75. The largest absolute Gasteiger partial charge is 0.472 e. The Kier molecular flexibility index (Phi) is 9.89. The standard InChI is InChI=1S/C37H65O8P/c1-22(2)44-29-15-16-34(9)27-13-12-26-31-25(6)24(5)14-17-37(31,32(38)42-21-43-46(39,40)41)19-18-35(26,10)36(27,11)30(45-23(3)4)20-28(34)33(29,7)8/h22-31H,12-21H2,1-11H3,(H2,39,40,41). The summed E-state index contributed by atoms with van der Waals surface area (Å²) in [4.78, 5) is 32.5. The molecular weight excluding hydrogens is 603 g/mol. The Hall–Kier alpha value is -0.500. The first-order chi connectivity index (χ1) is 21.1. The van der Waals surface area contributed by atoms with Gasteiger partial charge in [0.05, 0.1) is 29.8 Å². The van der Waals surface area contributed by atoms with Gasteiger partial charge in [-0.3, -0.25) is 4.79 Å². The first-order valence-corrected chi connectivity index (χ1v) is 19.9. The summed E-state index contributed by atoms with van der Waals surface area (Å²) in [5.41, 5.74) is -0.586. The van der Waals surface area contributed by atoms with Gasteiger partial charge >= 0.3 is 13.8 Å². The molecule has 9 heteroatoms. The third-order valence-corrected chi connectivity index (χ3v) is 15.7. The van der Waals surface area contributed by atoms with Crippen molar-refractivity contribution in [1.82, 2.24) is 0 Å². The van der Waals surface area contributed by atoms with Crippen LogP contribution in [0.3, 0.4) is 0 Å². The van der Waals surface area contributed by atoms with E-state index in [1.165, 1.54) is 6.42 Å². The number of phosphoric ester groups is 1. The normalized spacial score (nSPS) is 47.0. The van der Waals surface area contributed by atoms with E-state index in [9.17, 15) is 19.1 Å². The van der Waals surface area contributed by atoms with Gasteiger partial charge in [0.1, 0.15) is 0 Å². The Labute approximate surface area is 279 Å². The fraction of sp³-hybridized carbons (Fsp3) is 0.973. The summed E-state index contributed by atoms with van der Waals surface area (Å²) in [6.45, 7) is 25.2. The minimum atomic E-state index is -4.74. The van der Waals surface area contributed by atoms with Crippen molar-refractivity contribution in [3.63, 3.8) is 0 Å². The molecule has 46 heavy (non-hydrogen) atoms. The van der Waals surface area contributed by atoms with E-state index in [0.717, 1.165) is 51.4 Å². The quantitative estimate of drug-likeness (QED) is 0.150. The molecule has 0 heterocycles. The molecule has 5 aliphatic carbocycles. The Morgan fingerprint density at radius 2 is 1.46 bits per heavy atom. The topological polar surface area (TPSA) is 112 Å². The molecule has 12 atom stereocenters. The van der Waals surface area contributed by atoms with Gasteiger partial charge in [0.2, 0.25) is 6.79 Å². The number of hydrogen-bond acceptors (Lipinski definition) is 6. The van der Waals surface area contributed by atoms with Gasteiger partial charge in [-0.15, -0.1) is 0 Å². The molecule has 2 N–H and O–H groups in total. The summed E-state index contributed by atoms with van der Waals surface area (Å²) < 4.78 is 35.2. The van der Waals surface area contributed by atoms with Crippen LogP contribution in [0, 0.1) is 62.6 Å². The van der Waals surface area contributed by atoms with Crippen LogP contribution in [0.15, 0.2) is 0 Å². The van der Waals surface area contributed by atoms with Crippen LogP contribution >= 0.6 is 7.82 Å². The van der Waals surface area contributed by atoms with Gasteiger partial charge in [-0.2, -0.15) is 0 Å². The smallest absolute Gasteiger partial charge is 0.437 e. The van der Waals surface area contributed by atoms with E-state index in [1.54, 1.807) is 0 Å². The molecule has 266 valence electrons. The zero-order valence-corrected chi connectivity index (χ0v) is 31.5. The van der Waals surface area contributed by atoms with E-state index in [0.29, 0.717) is 29.6 Å². The summed E-state index contributed by atoms with van der Waals surface area (Å²) in [5, 5.41) is 0. The van der Waals surface area contributed by atoms with Crippen molar-refractivity contribution in [3.8, 4) is 0 Å². The van der Waals surface area contributed by atoms with Gasteiger partial charge in [0, 0.05) is 5.41 Å². The number of ether oxygens (including phenoxy) is 3. The minimum Gasteiger partial charge on any atom is -0.437 e. The van der Waals surface area contributed by atoms with Crippen LogP contribution in [0.5, 0.6) is 0 Å². The molecule has 0 radical (unpaired) electrons. The average Bonchev–Trinajstić information content (AvgIpc) is 2.93. The predicted octanol–water partition coefficient (Wildman–Crippen LogP) is 8.53. The molecule has 0 bridgehead atoms. The first kappa shape index (κ1) is 36.8. The van der Waals surface area contributed by atoms with E-state index < -0.39 is 20.0 Å². The minimum absolute atomic E-state index is 0.0307. The molecule has 0 aliphatic heterocycles. The molecule has 0 spiro atoms. The number of carbonyl (C=O) groups is 1. The van der Waals surface area contributed by atoms with Crippen LogP contribution < -0.4 is 0 Å². The maximum Gasteiger partial charge on any atom is 0.472 e. The first-order valence-electron chi connectivity index (χ1n) is 18.3. The maximum absolute atomic E-state index is 14.1. The van der Waals surface area contributed by atoms with Gasteiger partial charge in [0.15, 0.2) is 0 Å². The van der Waals surface area contributed by atoms with Crippen molar-refractivity contribution in [2.24, 2.45) is 62.6 Å². The molecule has 0 aromatic rings. The van der Waals surface area contributed by atoms with Crippen LogP contribution in [0.1, 0.15) is 134 Å². The van der Waals surface area contributed by atoms with Crippen molar-refractivity contribution in [1.29, 1.82) is 0 Å². The third kappa shape index (κ3) is 5.69. The molecule has 5 fully saturated rings. The van der Waals surface area contributed by atoms with Crippen LogP contribution in [0.4, 0.5) is 0 Å². The van der Waals surface area contributed by atoms with E-state index in [2.05, 4.69) is 80.7 Å². The second kappa shape index (κ2) is 12.4. The number of fused-ring (bicyclic) bond motifs is 7. The number of rotatable bonds is 8. The summed E-state index contributed by atoms with van der Waals surface area (Å²) in [7, 11) is -4.74. The lowest BCUT2D eigenvalue weighted by atomic mass is 9.30.